The quantitative estimate of drug-likeness (QED) is 0.614. The van der Waals surface area contributed by atoms with Gasteiger partial charge in [-0.2, -0.15) is 0 Å². The largest absolute Gasteiger partial charge is 0.453 e. The lowest BCUT2D eigenvalue weighted by molar-refractivity contribution is 0.0464. The smallest absolute Gasteiger partial charge is 0.409 e. The van der Waals surface area contributed by atoms with Crippen LogP contribution in [0.15, 0.2) is 28.7 Å². The van der Waals surface area contributed by atoms with Crippen molar-refractivity contribution in [1.29, 1.82) is 0 Å². The van der Waals surface area contributed by atoms with Gasteiger partial charge in [0.15, 0.2) is 0 Å². The molecule has 2 aromatic rings. The topological polar surface area (TPSA) is 97.9 Å². The number of rotatable bonds is 5. The molecule has 30 heavy (non-hydrogen) atoms. The fourth-order valence-corrected chi connectivity index (χ4v) is 4.67. The molecule has 2 atom stereocenters. The summed E-state index contributed by atoms with van der Waals surface area (Å²) in [4.78, 5) is 32.0. The van der Waals surface area contributed by atoms with Crippen LogP contribution in [-0.4, -0.2) is 70.9 Å². The van der Waals surface area contributed by atoms with Crippen LogP contribution in [0.25, 0.3) is 10.9 Å². The van der Waals surface area contributed by atoms with E-state index in [1.165, 1.54) is 7.11 Å². The van der Waals surface area contributed by atoms with E-state index >= 15 is 0 Å². The van der Waals surface area contributed by atoms with E-state index in [0.29, 0.717) is 26.1 Å². The zero-order valence-electron chi connectivity index (χ0n) is 16.9. The second-order valence-corrected chi connectivity index (χ2v) is 9.05. The number of nitrogens with zero attached hydrogens (tertiary/aromatic N) is 2. The van der Waals surface area contributed by atoms with Crippen molar-refractivity contribution in [3.8, 4) is 0 Å². The summed E-state index contributed by atoms with van der Waals surface area (Å²) in [7, 11) is 1.35. The normalized spacial score (nSPS) is 21.5. The highest BCUT2D eigenvalue weighted by Gasteiger charge is 2.42. The number of urea groups is 1. The van der Waals surface area contributed by atoms with Crippen LogP contribution in [0.5, 0.6) is 0 Å². The lowest BCUT2D eigenvalue weighted by Crippen LogP contribution is -2.57. The standard InChI is InChI=1S/C21H27BrN4O4/c1-30-21(29)25-10-13(12-27)6-18(11-25)26(17-3-4-17)20(28)23-9-16-8-14-7-15(22)2-5-19(14)24-16/h2,5,7-8,13,17-18,24,27H,3-4,6,9-12H2,1H3,(H,23,28)/t13-,18?/m0/s1. The van der Waals surface area contributed by atoms with Crippen molar-refractivity contribution in [2.45, 2.75) is 37.9 Å². The number of methoxy groups -OCH3 is 1. The number of halogens is 1. The number of fused-ring (bicyclic) bond motifs is 1. The molecule has 2 aliphatic rings. The highest BCUT2D eigenvalue weighted by Crippen LogP contribution is 2.33. The Kier molecular flexibility index (Phi) is 6.19. The van der Waals surface area contributed by atoms with Crippen LogP contribution in [0.1, 0.15) is 25.0 Å². The van der Waals surface area contributed by atoms with Gasteiger partial charge in [-0.05, 0) is 43.5 Å². The van der Waals surface area contributed by atoms with Gasteiger partial charge < -0.3 is 29.9 Å². The summed E-state index contributed by atoms with van der Waals surface area (Å²) in [6.07, 6.45) is 2.19. The first-order valence-corrected chi connectivity index (χ1v) is 11.0. The SMILES string of the molecule is COC(=O)N1CC(N(C(=O)NCc2cc3cc(Br)ccc3[nH]2)C2CC2)C[C@H](CO)C1. The molecule has 2 heterocycles. The van der Waals surface area contributed by atoms with E-state index in [-0.39, 0.29) is 30.6 Å². The molecule has 8 nitrogen and oxygen atoms in total. The molecule has 1 saturated carbocycles. The Morgan fingerprint density at radius 1 is 1.30 bits per heavy atom. The van der Waals surface area contributed by atoms with Gasteiger partial charge in [0, 0.05) is 52.7 Å². The molecule has 1 aliphatic heterocycles. The van der Waals surface area contributed by atoms with Gasteiger partial charge in [-0.25, -0.2) is 9.59 Å². The highest BCUT2D eigenvalue weighted by molar-refractivity contribution is 9.10. The first-order chi connectivity index (χ1) is 14.5. The first-order valence-electron chi connectivity index (χ1n) is 10.3. The molecule has 1 unspecified atom stereocenters. The number of benzene rings is 1. The molecule has 1 aromatic heterocycles. The molecule has 3 amide bonds. The van der Waals surface area contributed by atoms with Gasteiger partial charge in [-0.3, -0.25) is 0 Å². The number of carbonyl (C=O) groups excluding carboxylic acids is 2. The molecule has 2 fully saturated rings. The fraction of sp³-hybridized carbons (Fsp3) is 0.524. The number of aromatic nitrogens is 1. The second-order valence-electron chi connectivity index (χ2n) is 8.14. The van der Waals surface area contributed by atoms with Crippen molar-refractivity contribution in [3.05, 3.63) is 34.4 Å². The maximum atomic E-state index is 13.1. The van der Waals surface area contributed by atoms with Crippen molar-refractivity contribution in [2.75, 3.05) is 26.8 Å². The van der Waals surface area contributed by atoms with Crippen LogP contribution in [0.3, 0.4) is 0 Å². The number of piperidine rings is 1. The molecule has 1 aliphatic carbocycles. The Labute approximate surface area is 183 Å². The van der Waals surface area contributed by atoms with Crippen molar-refractivity contribution < 1.29 is 19.4 Å². The van der Waals surface area contributed by atoms with E-state index in [0.717, 1.165) is 33.9 Å². The van der Waals surface area contributed by atoms with Crippen LogP contribution in [-0.2, 0) is 11.3 Å². The Hall–Kier alpha value is -2.26. The molecule has 4 rings (SSSR count). The predicted octanol–water partition coefficient (Wildman–Crippen LogP) is 3.05. The third kappa shape index (κ3) is 4.57. The van der Waals surface area contributed by atoms with Gasteiger partial charge in [0.1, 0.15) is 0 Å². The monoisotopic (exact) mass is 478 g/mol. The molecule has 9 heteroatoms. The first kappa shape index (κ1) is 21.0. The number of ether oxygens (including phenoxy) is 1. The molecule has 3 N–H and O–H groups in total. The molecule has 1 aromatic carbocycles. The fourth-order valence-electron chi connectivity index (χ4n) is 4.29. The van der Waals surface area contributed by atoms with Crippen LogP contribution in [0.2, 0.25) is 0 Å². The predicted molar refractivity (Wildman–Crippen MR) is 116 cm³/mol. The number of aliphatic hydroxyl groups excluding tert-OH is 1. The maximum absolute atomic E-state index is 13.1. The van der Waals surface area contributed by atoms with Gasteiger partial charge in [0.05, 0.1) is 19.7 Å². The number of carbonyl (C=O) groups is 2. The van der Waals surface area contributed by atoms with Gasteiger partial charge in [-0.15, -0.1) is 0 Å². The molecule has 0 radical (unpaired) electrons. The number of hydrogen-bond donors (Lipinski definition) is 3. The Bertz CT molecular complexity index is 929. The van der Waals surface area contributed by atoms with Crippen molar-refractivity contribution in [3.63, 3.8) is 0 Å². The molecule has 162 valence electrons. The second kappa shape index (κ2) is 8.85. The van der Waals surface area contributed by atoms with Crippen LogP contribution in [0.4, 0.5) is 9.59 Å². The number of likely N-dealkylation sites (tertiary alicyclic amines) is 1. The molecule has 0 spiro atoms. The molecular weight excluding hydrogens is 452 g/mol. The third-order valence-electron chi connectivity index (χ3n) is 5.84. The van der Waals surface area contributed by atoms with Gasteiger partial charge in [0.2, 0.25) is 0 Å². The van der Waals surface area contributed by atoms with Crippen molar-refractivity contribution in [1.82, 2.24) is 20.1 Å². The Morgan fingerprint density at radius 3 is 2.80 bits per heavy atom. The number of H-pyrrole nitrogens is 1. The lowest BCUT2D eigenvalue weighted by Gasteiger charge is -2.41. The zero-order chi connectivity index (χ0) is 21.3. The maximum Gasteiger partial charge on any atom is 0.409 e. The zero-order valence-corrected chi connectivity index (χ0v) is 18.5. The number of aliphatic hydroxyl groups is 1. The van der Waals surface area contributed by atoms with Crippen LogP contribution in [0, 0.1) is 5.92 Å². The average Bonchev–Trinajstić information content (AvgIpc) is 3.49. The number of nitrogens with one attached hydrogen (secondary N) is 2. The van der Waals surface area contributed by atoms with Crippen molar-refractivity contribution in [2.24, 2.45) is 5.92 Å². The summed E-state index contributed by atoms with van der Waals surface area (Å²) in [6.45, 7) is 1.25. The summed E-state index contributed by atoms with van der Waals surface area (Å²) in [5.74, 6) is -0.0657. The summed E-state index contributed by atoms with van der Waals surface area (Å²) in [5.41, 5.74) is 1.95. The highest BCUT2D eigenvalue weighted by atomic mass is 79.9. The average molecular weight is 479 g/mol. The van der Waals surface area contributed by atoms with E-state index < -0.39 is 6.09 Å². The summed E-state index contributed by atoms with van der Waals surface area (Å²) < 4.78 is 5.88. The molecule has 1 saturated heterocycles. The van der Waals surface area contributed by atoms with E-state index in [2.05, 4.69) is 26.2 Å². The third-order valence-corrected chi connectivity index (χ3v) is 6.34. The number of hydrogen-bond acceptors (Lipinski definition) is 4. The Morgan fingerprint density at radius 2 is 2.10 bits per heavy atom. The minimum Gasteiger partial charge on any atom is -0.453 e. The Balaban J connectivity index is 1.45. The number of aromatic amines is 1. The van der Waals surface area contributed by atoms with Crippen molar-refractivity contribution >= 4 is 39.0 Å². The lowest BCUT2D eigenvalue weighted by atomic mass is 9.94. The van der Waals surface area contributed by atoms with E-state index in [1.54, 1.807) is 4.90 Å². The molecular formula is C21H27BrN4O4. The van der Waals surface area contributed by atoms with E-state index in [9.17, 15) is 14.7 Å². The van der Waals surface area contributed by atoms with Gasteiger partial charge in [-0.1, -0.05) is 15.9 Å². The van der Waals surface area contributed by atoms with Gasteiger partial charge >= 0.3 is 12.1 Å². The number of amides is 3. The summed E-state index contributed by atoms with van der Waals surface area (Å²) in [5, 5.41) is 13.8. The minimum absolute atomic E-state index is 0.0191. The summed E-state index contributed by atoms with van der Waals surface area (Å²) >= 11 is 3.48. The van der Waals surface area contributed by atoms with Crippen LogP contribution < -0.4 is 5.32 Å². The summed E-state index contributed by atoms with van der Waals surface area (Å²) in [6, 6.07) is 7.95. The van der Waals surface area contributed by atoms with Gasteiger partial charge in [0.25, 0.3) is 0 Å². The van der Waals surface area contributed by atoms with Crippen LogP contribution >= 0.6 is 15.9 Å². The minimum atomic E-state index is -0.418. The molecule has 0 bridgehead atoms. The van der Waals surface area contributed by atoms with E-state index in [4.69, 9.17) is 4.74 Å². The van der Waals surface area contributed by atoms with E-state index in [1.807, 2.05) is 29.2 Å².